The minimum atomic E-state index is 0.565. The van der Waals surface area contributed by atoms with Crippen LogP contribution in [0.3, 0.4) is 0 Å². The lowest BCUT2D eigenvalue weighted by molar-refractivity contribution is 1.43. The molecule has 0 unspecified atom stereocenters. The van der Waals surface area contributed by atoms with Gasteiger partial charge in [-0.3, -0.25) is 0 Å². The van der Waals surface area contributed by atoms with Crippen molar-refractivity contribution in [1.29, 1.82) is 5.26 Å². The summed E-state index contributed by atoms with van der Waals surface area (Å²) in [4.78, 5) is 0.938. The maximum absolute atomic E-state index is 8.29. The molecule has 1 aromatic heterocycles. The predicted octanol–water partition coefficient (Wildman–Crippen LogP) is 1.12. The molecule has 0 aliphatic carbocycles. The van der Waals surface area contributed by atoms with Crippen molar-refractivity contribution < 1.29 is 0 Å². The molecule has 0 atom stereocenters. The average Bonchev–Trinajstić information content (AvgIpc) is 2.14. The molecule has 1 aromatic rings. The van der Waals surface area contributed by atoms with Crippen molar-refractivity contribution in [1.82, 2.24) is 4.37 Å². The smallest absolute Gasteiger partial charge is 0.123 e. The molecule has 1 heterocycles. The Kier molecular flexibility index (Phi) is 1.27. The summed E-state index contributed by atoms with van der Waals surface area (Å²) in [7, 11) is 0. The fourth-order valence-corrected chi connectivity index (χ4v) is 0.821. The van der Waals surface area contributed by atoms with Gasteiger partial charge in [-0.1, -0.05) is 0 Å². The molecule has 0 aliphatic rings. The van der Waals surface area contributed by atoms with Gasteiger partial charge in [-0.25, -0.2) is 0 Å². The van der Waals surface area contributed by atoms with E-state index in [9.17, 15) is 0 Å². The van der Waals surface area contributed by atoms with Gasteiger partial charge in [-0.05, 0) is 18.5 Å². The first kappa shape index (κ1) is 5.26. The highest BCUT2D eigenvalue weighted by Gasteiger charge is 1.96. The van der Waals surface area contributed by atoms with E-state index in [1.54, 1.807) is 0 Å². The van der Waals surface area contributed by atoms with E-state index in [0.29, 0.717) is 5.56 Å². The summed E-state index contributed by atoms with van der Waals surface area (Å²) in [6.07, 6.45) is 2.56. The predicted molar refractivity (Wildman–Crippen MR) is 30.4 cm³/mol. The van der Waals surface area contributed by atoms with Crippen molar-refractivity contribution in [3.63, 3.8) is 0 Å². The van der Waals surface area contributed by atoms with Gasteiger partial charge in [0.1, 0.15) is 12.3 Å². The van der Waals surface area contributed by atoms with E-state index in [-0.39, 0.29) is 0 Å². The van der Waals surface area contributed by atoms with Gasteiger partial charge in [0.05, 0.1) is 5.56 Å². The van der Waals surface area contributed by atoms with E-state index < -0.39 is 0 Å². The molecular weight excluding hydrogens is 120 g/mol. The Bertz CT molecular complexity index is 221. The standard InChI is InChI=1S/C5H3N2S/c1-4-5(2-6)3-7-8-4/h1H3. The van der Waals surface area contributed by atoms with Gasteiger partial charge in [0.2, 0.25) is 0 Å². The zero-order valence-electron chi connectivity index (χ0n) is 4.30. The van der Waals surface area contributed by atoms with Crippen molar-refractivity contribution in [3.8, 4) is 6.07 Å². The van der Waals surface area contributed by atoms with Crippen LogP contribution in [-0.4, -0.2) is 4.37 Å². The van der Waals surface area contributed by atoms with Gasteiger partial charge in [-0.15, -0.1) is 0 Å². The molecule has 0 saturated carbocycles. The van der Waals surface area contributed by atoms with Crippen LogP contribution in [0, 0.1) is 24.5 Å². The van der Waals surface area contributed by atoms with Crippen molar-refractivity contribution in [2.75, 3.05) is 0 Å². The Morgan fingerprint density at radius 2 is 2.62 bits per heavy atom. The number of aryl methyl sites for hydroxylation is 1. The van der Waals surface area contributed by atoms with Crippen molar-refractivity contribution in [2.24, 2.45) is 0 Å². The molecule has 0 bridgehead atoms. The molecule has 0 aliphatic heterocycles. The highest BCUT2D eigenvalue weighted by Crippen LogP contribution is 2.07. The molecule has 1 radical (unpaired) electrons. The van der Waals surface area contributed by atoms with Crippen LogP contribution in [-0.2, 0) is 0 Å². The third kappa shape index (κ3) is 0.703. The third-order valence-electron chi connectivity index (χ3n) is 0.804. The molecule has 3 heteroatoms. The summed E-state index contributed by atoms with van der Waals surface area (Å²) in [5, 5.41) is 8.29. The molecule has 1 rings (SSSR count). The van der Waals surface area contributed by atoms with Crippen LogP contribution in [0.5, 0.6) is 0 Å². The second-order valence-corrected chi connectivity index (χ2v) is 2.31. The lowest BCUT2D eigenvalue weighted by Gasteiger charge is -1.73. The Morgan fingerprint density at radius 1 is 1.88 bits per heavy atom. The SMILES string of the molecule is Cc1sn[c]c1C#N. The normalized spacial score (nSPS) is 8.50. The first-order valence-electron chi connectivity index (χ1n) is 2.08. The minimum Gasteiger partial charge on any atom is -0.192 e. The van der Waals surface area contributed by atoms with E-state index >= 15 is 0 Å². The Balaban J connectivity index is 3.15. The van der Waals surface area contributed by atoms with Crippen LogP contribution >= 0.6 is 11.5 Å². The summed E-state index contributed by atoms with van der Waals surface area (Å²) in [6.45, 7) is 1.85. The van der Waals surface area contributed by atoms with E-state index in [1.165, 1.54) is 11.5 Å². The highest BCUT2D eigenvalue weighted by atomic mass is 32.1. The molecule has 0 amide bonds. The highest BCUT2D eigenvalue weighted by molar-refractivity contribution is 7.05. The third-order valence-corrected chi connectivity index (χ3v) is 1.46. The second kappa shape index (κ2) is 1.93. The van der Waals surface area contributed by atoms with Crippen LogP contribution in [0.2, 0.25) is 0 Å². The Labute approximate surface area is 51.6 Å². The van der Waals surface area contributed by atoms with E-state index in [0.717, 1.165) is 4.88 Å². The van der Waals surface area contributed by atoms with Crippen LogP contribution in [0.25, 0.3) is 0 Å². The summed E-state index contributed by atoms with van der Waals surface area (Å²) >= 11 is 1.30. The molecular formula is C5H3N2S. The quantitative estimate of drug-likeness (QED) is 0.518. The molecule has 0 aromatic carbocycles. The first-order valence-corrected chi connectivity index (χ1v) is 2.86. The van der Waals surface area contributed by atoms with Crippen LogP contribution in [0.4, 0.5) is 0 Å². The number of nitriles is 1. The maximum atomic E-state index is 8.29. The summed E-state index contributed by atoms with van der Waals surface area (Å²) < 4.78 is 3.69. The van der Waals surface area contributed by atoms with E-state index in [4.69, 9.17) is 5.26 Å². The minimum absolute atomic E-state index is 0.565. The second-order valence-electron chi connectivity index (χ2n) is 1.34. The lowest BCUT2D eigenvalue weighted by atomic mass is 10.3. The van der Waals surface area contributed by atoms with Crippen LogP contribution in [0.1, 0.15) is 10.4 Å². The van der Waals surface area contributed by atoms with Gasteiger partial charge in [0.25, 0.3) is 0 Å². The number of aromatic nitrogens is 1. The maximum Gasteiger partial charge on any atom is 0.123 e. The molecule has 0 N–H and O–H groups in total. The zero-order chi connectivity index (χ0) is 5.98. The topological polar surface area (TPSA) is 36.7 Å². The molecule has 39 valence electrons. The van der Waals surface area contributed by atoms with Crippen molar-refractivity contribution in [3.05, 3.63) is 16.6 Å². The number of rotatable bonds is 0. The summed E-state index contributed by atoms with van der Waals surface area (Å²) in [5.74, 6) is 0. The molecule has 0 spiro atoms. The monoisotopic (exact) mass is 123 g/mol. The summed E-state index contributed by atoms with van der Waals surface area (Å²) in [6, 6.07) is 1.97. The number of hydrogen-bond acceptors (Lipinski definition) is 3. The first-order chi connectivity index (χ1) is 3.84. The van der Waals surface area contributed by atoms with Gasteiger partial charge >= 0.3 is 0 Å². The fraction of sp³-hybridized carbons (Fsp3) is 0.200. The number of nitrogens with zero attached hydrogens (tertiary/aromatic N) is 2. The summed E-state index contributed by atoms with van der Waals surface area (Å²) in [5.41, 5.74) is 0.565. The van der Waals surface area contributed by atoms with Crippen molar-refractivity contribution >= 4 is 11.5 Å². The van der Waals surface area contributed by atoms with Gasteiger partial charge in [0, 0.05) is 4.88 Å². The molecule has 2 nitrogen and oxygen atoms in total. The average molecular weight is 123 g/mol. The molecule has 8 heavy (non-hydrogen) atoms. The van der Waals surface area contributed by atoms with E-state index in [1.807, 2.05) is 13.0 Å². The zero-order valence-corrected chi connectivity index (χ0v) is 5.12. The molecule has 0 fully saturated rings. The van der Waals surface area contributed by atoms with Gasteiger partial charge in [0.15, 0.2) is 0 Å². The van der Waals surface area contributed by atoms with Crippen LogP contribution < -0.4 is 0 Å². The van der Waals surface area contributed by atoms with Crippen LogP contribution in [0.15, 0.2) is 0 Å². The number of hydrogen-bond donors (Lipinski definition) is 0. The Morgan fingerprint density at radius 3 is 2.88 bits per heavy atom. The fourth-order valence-electron chi connectivity index (χ4n) is 0.365. The Hall–Kier alpha value is -0.880. The van der Waals surface area contributed by atoms with Crippen molar-refractivity contribution in [2.45, 2.75) is 6.92 Å². The van der Waals surface area contributed by atoms with E-state index in [2.05, 4.69) is 10.6 Å². The lowest BCUT2D eigenvalue weighted by Crippen LogP contribution is -1.66. The van der Waals surface area contributed by atoms with Gasteiger partial charge in [-0.2, -0.15) is 9.64 Å². The largest absolute Gasteiger partial charge is 0.192 e. The molecule has 0 saturated heterocycles. The van der Waals surface area contributed by atoms with Gasteiger partial charge < -0.3 is 0 Å².